The van der Waals surface area contributed by atoms with E-state index in [9.17, 15) is 19.1 Å². The van der Waals surface area contributed by atoms with Crippen LogP contribution in [0.25, 0.3) is 0 Å². The Morgan fingerprint density at radius 1 is 1.22 bits per heavy atom. The Kier molecular flexibility index (Phi) is 4.89. The molecule has 0 amide bonds. The molecule has 2 aliphatic carbocycles. The average Bonchev–Trinajstić information content (AvgIpc) is 3.08. The Labute approximate surface area is 162 Å². The molecule has 3 aliphatic rings. The van der Waals surface area contributed by atoms with Gasteiger partial charge in [-0.15, -0.1) is 11.8 Å². The molecule has 1 aromatic carbocycles. The molecular weight excluding hydrogens is 367 g/mol. The number of ketones is 1. The van der Waals surface area contributed by atoms with Crippen molar-refractivity contribution in [2.45, 2.75) is 36.9 Å². The molecule has 0 bridgehead atoms. The van der Waals surface area contributed by atoms with Crippen molar-refractivity contribution in [1.82, 2.24) is 0 Å². The van der Waals surface area contributed by atoms with Crippen LogP contribution in [0, 0.1) is 35.4 Å². The van der Waals surface area contributed by atoms with Crippen LogP contribution < -0.4 is 0 Å². The fourth-order valence-electron chi connectivity index (χ4n) is 4.99. The molecule has 0 spiro atoms. The van der Waals surface area contributed by atoms with E-state index in [2.05, 4.69) is 6.58 Å². The molecule has 0 unspecified atom stereocenters. The molecule has 0 radical (unpaired) electrons. The first-order valence-electron chi connectivity index (χ1n) is 9.34. The molecule has 3 fully saturated rings. The smallest absolute Gasteiger partial charge is 0.310 e. The van der Waals surface area contributed by atoms with Gasteiger partial charge >= 0.3 is 5.97 Å². The maximum absolute atomic E-state index is 13.1. The van der Waals surface area contributed by atoms with Crippen molar-refractivity contribution in [1.29, 1.82) is 0 Å². The summed E-state index contributed by atoms with van der Waals surface area (Å²) in [6.45, 7) is 6.01. The van der Waals surface area contributed by atoms with E-state index >= 15 is 0 Å². The first-order valence-corrected chi connectivity index (χ1v) is 10.3. The van der Waals surface area contributed by atoms with Crippen LogP contribution in [-0.2, 0) is 14.3 Å². The molecular formula is C21H23FO4S. The topological polar surface area (TPSA) is 63.6 Å². The van der Waals surface area contributed by atoms with E-state index in [1.807, 2.05) is 6.92 Å². The Balaban J connectivity index is 1.58. The predicted octanol–water partition coefficient (Wildman–Crippen LogP) is 3.24. The molecule has 7 atom stereocenters. The summed E-state index contributed by atoms with van der Waals surface area (Å²) in [7, 11) is 0. The van der Waals surface area contributed by atoms with E-state index in [1.165, 1.54) is 23.9 Å². The molecule has 6 heteroatoms. The third-order valence-electron chi connectivity index (χ3n) is 6.43. The number of rotatable bonds is 3. The molecule has 27 heavy (non-hydrogen) atoms. The van der Waals surface area contributed by atoms with Gasteiger partial charge in [0.15, 0.2) is 0 Å². The summed E-state index contributed by atoms with van der Waals surface area (Å²) < 4.78 is 18.8. The zero-order valence-electron chi connectivity index (χ0n) is 15.1. The van der Waals surface area contributed by atoms with Crippen molar-refractivity contribution < 1.29 is 23.8 Å². The number of hydrogen-bond donors (Lipinski definition) is 1. The summed E-state index contributed by atoms with van der Waals surface area (Å²) in [5, 5.41) is 10.8. The number of fused-ring (bicyclic) bond motifs is 3. The van der Waals surface area contributed by atoms with Gasteiger partial charge < -0.3 is 9.84 Å². The lowest BCUT2D eigenvalue weighted by molar-refractivity contribution is -0.146. The number of halogens is 1. The number of thioether (sulfide) groups is 1. The van der Waals surface area contributed by atoms with Crippen molar-refractivity contribution in [3.63, 3.8) is 0 Å². The number of benzene rings is 1. The van der Waals surface area contributed by atoms with Crippen molar-refractivity contribution in [3.05, 3.63) is 42.2 Å². The highest BCUT2D eigenvalue weighted by atomic mass is 32.2. The van der Waals surface area contributed by atoms with Crippen LogP contribution in [0.5, 0.6) is 0 Å². The monoisotopic (exact) mass is 390 g/mol. The van der Waals surface area contributed by atoms with Gasteiger partial charge in [0.1, 0.15) is 17.7 Å². The predicted molar refractivity (Wildman–Crippen MR) is 99.5 cm³/mol. The normalized spacial score (nSPS) is 38.3. The van der Waals surface area contributed by atoms with E-state index in [1.54, 1.807) is 12.1 Å². The Hall–Kier alpha value is -1.66. The second-order valence-electron chi connectivity index (χ2n) is 7.92. The fourth-order valence-corrected chi connectivity index (χ4v) is 6.05. The second-order valence-corrected chi connectivity index (χ2v) is 9.02. The van der Waals surface area contributed by atoms with Gasteiger partial charge in [-0.2, -0.15) is 0 Å². The van der Waals surface area contributed by atoms with Gasteiger partial charge in [0.05, 0.1) is 12.0 Å². The third-order valence-corrected chi connectivity index (χ3v) is 7.56. The molecule has 0 aromatic heterocycles. The highest BCUT2D eigenvalue weighted by Crippen LogP contribution is 2.52. The maximum atomic E-state index is 13.1. The van der Waals surface area contributed by atoms with Crippen LogP contribution in [0.2, 0.25) is 0 Å². The van der Waals surface area contributed by atoms with E-state index in [0.717, 1.165) is 10.5 Å². The summed E-state index contributed by atoms with van der Waals surface area (Å²) in [4.78, 5) is 25.8. The van der Waals surface area contributed by atoms with Crippen LogP contribution in [0.4, 0.5) is 4.39 Å². The lowest BCUT2D eigenvalue weighted by atomic mass is 9.77. The summed E-state index contributed by atoms with van der Waals surface area (Å²) in [5.41, 5.74) is 0.889. The summed E-state index contributed by atoms with van der Waals surface area (Å²) in [6.07, 6.45) is -0.332. The Morgan fingerprint density at radius 3 is 2.63 bits per heavy atom. The number of aliphatic hydroxyl groups excluding tert-OH is 1. The SMILES string of the molecule is C=C1C[C@H](O)[C@@H]2[C@H](OC(=O)[C@H]2CSc2ccc(F)cc2)[C@H]2[C@H](C)C(=O)C[C@@H]12. The largest absolute Gasteiger partial charge is 0.461 e. The Morgan fingerprint density at radius 2 is 1.93 bits per heavy atom. The van der Waals surface area contributed by atoms with Gasteiger partial charge in [0.2, 0.25) is 0 Å². The van der Waals surface area contributed by atoms with Gasteiger partial charge in [0, 0.05) is 34.8 Å². The number of hydrogen-bond acceptors (Lipinski definition) is 5. The highest BCUT2D eigenvalue weighted by molar-refractivity contribution is 7.99. The van der Waals surface area contributed by atoms with Gasteiger partial charge in [-0.3, -0.25) is 9.59 Å². The minimum atomic E-state index is -0.708. The van der Waals surface area contributed by atoms with Gasteiger partial charge in [-0.25, -0.2) is 4.39 Å². The van der Waals surface area contributed by atoms with Crippen molar-refractivity contribution in [2.75, 3.05) is 5.75 Å². The van der Waals surface area contributed by atoms with E-state index in [-0.39, 0.29) is 41.2 Å². The minimum absolute atomic E-state index is 0.0200. The lowest BCUT2D eigenvalue weighted by Crippen LogP contribution is -2.38. The average molecular weight is 390 g/mol. The number of Topliss-reactive ketones (excluding diaryl/α,β-unsaturated/α-hetero) is 1. The maximum Gasteiger partial charge on any atom is 0.310 e. The van der Waals surface area contributed by atoms with Crippen molar-refractivity contribution in [2.24, 2.45) is 29.6 Å². The Bertz CT molecular complexity index is 777. The van der Waals surface area contributed by atoms with Crippen molar-refractivity contribution in [3.8, 4) is 0 Å². The number of ether oxygens (including phenoxy) is 1. The molecule has 1 saturated heterocycles. The van der Waals surface area contributed by atoms with Gasteiger partial charge in [0.25, 0.3) is 0 Å². The first-order chi connectivity index (χ1) is 12.9. The van der Waals surface area contributed by atoms with E-state index in [0.29, 0.717) is 18.6 Å². The van der Waals surface area contributed by atoms with Crippen LogP contribution in [-0.4, -0.2) is 34.8 Å². The lowest BCUT2D eigenvalue weighted by Gasteiger charge is -2.29. The molecule has 1 aromatic rings. The quantitative estimate of drug-likeness (QED) is 0.488. The highest BCUT2D eigenvalue weighted by Gasteiger charge is 2.58. The minimum Gasteiger partial charge on any atom is -0.461 e. The molecule has 1 heterocycles. The number of carbonyl (C=O) groups is 2. The molecule has 4 rings (SSSR count). The standard InChI is InChI=1S/C21H23FO4S/c1-10-7-17(24)19-15(9-27-13-5-3-12(22)4-6-13)21(25)26-20(19)18-11(2)16(23)8-14(10)18/h3-6,11,14-15,17-20,24H,1,7-9H2,2H3/t11-,14+,15+,17+,18+,19-,20-/m1/s1. The number of esters is 1. The molecule has 4 nitrogen and oxygen atoms in total. The first kappa shape index (κ1) is 18.7. The third kappa shape index (κ3) is 3.23. The summed E-state index contributed by atoms with van der Waals surface area (Å²) in [6, 6.07) is 6.13. The number of aliphatic hydroxyl groups is 1. The summed E-state index contributed by atoms with van der Waals surface area (Å²) >= 11 is 1.45. The molecule has 144 valence electrons. The van der Waals surface area contributed by atoms with Crippen LogP contribution in [0.3, 0.4) is 0 Å². The molecule has 1 N–H and O–H groups in total. The van der Waals surface area contributed by atoms with Crippen LogP contribution in [0.1, 0.15) is 19.8 Å². The zero-order chi connectivity index (χ0) is 19.3. The summed E-state index contributed by atoms with van der Waals surface area (Å²) in [5.74, 6) is -1.08. The van der Waals surface area contributed by atoms with Gasteiger partial charge in [-0.1, -0.05) is 19.1 Å². The fraction of sp³-hybridized carbons (Fsp3) is 0.524. The zero-order valence-corrected chi connectivity index (χ0v) is 16.0. The van der Waals surface area contributed by atoms with Crippen LogP contribution >= 0.6 is 11.8 Å². The van der Waals surface area contributed by atoms with E-state index < -0.39 is 18.1 Å². The van der Waals surface area contributed by atoms with Crippen molar-refractivity contribution >= 4 is 23.5 Å². The van der Waals surface area contributed by atoms with Gasteiger partial charge in [-0.05, 0) is 36.6 Å². The number of carbonyl (C=O) groups excluding carboxylic acids is 2. The molecule has 1 aliphatic heterocycles. The second kappa shape index (κ2) is 7.06. The van der Waals surface area contributed by atoms with E-state index in [4.69, 9.17) is 4.74 Å². The molecule has 2 saturated carbocycles. The van der Waals surface area contributed by atoms with Crippen LogP contribution in [0.15, 0.2) is 41.3 Å².